The number of nitrogens with zero attached hydrogens (tertiary/aromatic N) is 2. The first-order valence-corrected chi connectivity index (χ1v) is 10.7. The van der Waals surface area contributed by atoms with Crippen LogP contribution in [0, 0.1) is 0 Å². The molecule has 0 unspecified atom stereocenters. The Morgan fingerprint density at radius 3 is 2.76 bits per heavy atom. The predicted octanol–water partition coefficient (Wildman–Crippen LogP) is 5.77. The van der Waals surface area contributed by atoms with Crippen molar-refractivity contribution in [3.63, 3.8) is 0 Å². The molecule has 0 radical (unpaired) electrons. The van der Waals surface area contributed by atoms with Gasteiger partial charge in [0.05, 0.1) is 12.7 Å². The first-order valence-electron chi connectivity index (χ1n) is 8.98. The SMILES string of the molecule is O=C(Cc1coc2ccc3ccccc3c12)Nc1ccc(Sc2nncs2)cc1. The van der Waals surface area contributed by atoms with E-state index in [4.69, 9.17) is 4.42 Å². The molecule has 0 aliphatic heterocycles. The second kappa shape index (κ2) is 7.69. The van der Waals surface area contributed by atoms with E-state index in [-0.39, 0.29) is 12.3 Å². The third-order valence-corrected chi connectivity index (χ3v) is 6.36. The van der Waals surface area contributed by atoms with Crippen LogP contribution in [0.1, 0.15) is 5.56 Å². The van der Waals surface area contributed by atoms with Gasteiger partial charge in [0.25, 0.3) is 0 Å². The van der Waals surface area contributed by atoms with E-state index >= 15 is 0 Å². The number of rotatable bonds is 5. The van der Waals surface area contributed by atoms with Gasteiger partial charge in [-0.1, -0.05) is 53.4 Å². The molecular formula is C22H15N3O2S2. The smallest absolute Gasteiger partial charge is 0.228 e. The summed E-state index contributed by atoms with van der Waals surface area (Å²) in [5.74, 6) is -0.0786. The number of fused-ring (bicyclic) bond motifs is 3. The summed E-state index contributed by atoms with van der Waals surface area (Å²) in [5.41, 5.74) is 4.15. The van der Waals surface area contributed by atoms with Crippen molar-refractivity contribution >= 4 is 56.4 Å². The van der Waals surface area contributed by atoms with Crippen LogP contribution in [-0.2, 0) is 11.2 Å². The molecule has 3 aromatic carbocycles. The van der Waals surface area contributed by atoms with E-state index in [2.05, 4.69) is 27.6 Å². The van der Waals surface area contributed by atoms with Gasteiger partial charge in [0.2, 0.25) is 5.91 Å². The summed E-state index contributed by atoms with van der Waals surface area (Å²) < 4.78 is 6.57. The predicted molar refractivity (Wildman–Crippen MR) is 117 cm³/mol. The van der Waals surface area contributed by atoms with Gasteiger partial charge in [-0.2, -0.15) is 0 Å². The average molecular weight is 418 g/mol. The van der Waals surface area contributed by atoms with Gasteiger partial charge in [0.15, 0.2) is 4.34 Å². The number of carbonyl (C=O) groups is 1. The molecule has 5 rings (SSSR count). The summed E-state index contributed by atoms with van der Waals surface area (Å²) in [6.45, 7) is 0. The van der Waals surface area contributed by atoms with Gasteiger partial charge < -0.3 is 9.73 Å². The Kier molecular flexibility index (Phi) is 4.75. The molecule has 0 aliphatic rings. The van der Waals surface area contributed by atoms with Crippen LogP contribution in [0.25, 0.3) is 21.7 Å². The van der Waals surface area contributed by atoms with Gasteiger partial charge >= 0.3 is 0 Å². The van der Waals surface area contributed by atoms with Crippen molar-refractivity contribution in [3.8, 4) is 0 Å². The molecule has 7 heteroatoms. The molecule has 29 heavy (non-hydrogen) atoms. The number of carbonyl (C=O) groups excluding carboxylic acids is 1. The molecule has 0 fully saturated rings. The first kappa shape index (κ1) is 17.9. The van der Waals surface area contributed by atoms with E-state index in [0.29, 0.717) is 0 Å². The molecule has 0 atom stereocenters. The molecule has 0 saturated heterocycles. The van der Waals surface area contributed by atoms with E-state index in [1.165, 1.54) is 11.3 Å². The minimum Gasteiger partial charge on any atom is -0.464 e. The maximum atomic E-state index is 12.6. The molecule has 142 valence electrons. The van der Waals surface area contributed by atoms with Gasteiger partial charge in [-0.05, 0) is 41.1 Å². The van der Waals surface area contributed by atoms with E-state index in [1.807, 2.05) is 48.5 Å². The third-order valence-electron chi connectivity index (χ3n) is 4.57. The summed E-state index contributed by atoms with van der Waals surface area (Å²) in [6.07, 6.45) is 1.93. The normalized spacial score (nSPS) is 11.2. The maximum Gasteiger partial charge on any atom is 0.228 e. The molecule has 1 amide bonds. The van der Waals surface area contributed by atoms with Crippen molar-refractivity contribution in [2.75, 3.05) is 5.32 Å². The van der Waals surface area contributed by atoms with E-state index in [0.717, 1.165) is 42.2 Å². The zero-order valence-electron chi connectivity index (χ0n) is 15.2. The van der Waals surface area contributed by atoms with Crippen molar-refractivity contribution in [2.45, 2.75) is 15.7 Å². The topological polar surface area (TPSA) is 68.0 Å². The highest BCUT2D eigenvalue weighted by molar-refractivity contribution is 8.01. The second-order valence-corrected chi connectivity index (χ2v) is 8.63. The summed E-state index contributed by atoms with van der Waals surface area (Å²) in [7, 11) is 0. The fourth-order valence-corrected chi connectivity index (χ4v) is 4.75. The molecule has 5 nitrogen and oxygen atoms in total. The second-order valence-electron chi connectivity index (χ2n) is 6.48. The van der Waals surface area contributed by atoms with Gasteiger partial charge in [-0.3, -0.25) is 4.79 Å². The summed E-state index contributed by atoms with van der Waals surface area (Å²) in [4.78, 5) is 13.7. The highest BCUT2D eigenvalue weighted by Gasteiger charge is 2.13. The van der Waals surface area contributed by atoms with Crippen molar-refractivity contribution in [3.05, 3.63) is 78.0 Å². The minimum absolute atomic E-state index is 0.0786. The van der Waals surface area contributed by atoms with Gasteiger partial charge in [-0.15, -0.1) is 10.2 Å². The molecule has 0 saturated carbocycles. The monoisotopic (exact) mass is 417 g/mol. The minimum atomic E-state index is -0.0786. The Hall–Kier alpha value is -3.16. The Balaban J connectivity index is 1.32. The molecular weight excluding hydrogens is 402 g/mol. The zero-order valence-corrected chi connectivity index (χ0v) is 16.8. The van der Waals surface area contributed by atoms with Crippen molar-refractivity contribution in [1.29, 1.82) is 0 Å². The lowest BCUT2D eigenvalue weighted by Crippen LogP contribution is -2.14. The van der Waals surface area contributed by atoms with E-state index < -0.39 is 0 Å². The lowest BCUT2D eigenvalue weighted by atomic mass is 10.0. The first-order chi connectivity index (χ1) is 14.3. The summed E-state index contributed by atoms with van der Waals surface area (Å²) in [5, 5.41) is 14.1. The molecule has 2 aromatic heterocycles. The molecule has 5 aromatic rings. The standard InChI is InChI=1S/C22H15N3O2S2/c26-20(24-16-6-8-17(9-7-16)29-22-25-23-13-28-22)11-15-12-27-19-10-5-14-3-1-2-4-18(14)21(15)19/h1-10,12-13H,11H2,(H,24,26). The number of hydrogen-bond donors (Lipinski definition) is 1. The van der Waals surface area contributed by atoms with E-state index in [9.17, 15) is 4.79 Å². The largest absolute Gasteiger partial charge is 0.464 e. The van der Waals surface area contributed by atoms with Crippen LogP contribution in [0.15, 0.2) is 86.1 Å². The summed E-state index contributed by atoms with van der Waals surface area (Å²) in [6, 6.07) is 19.8. The number of amides is 1. The third kappa shape index (κ3) is 3.74. The lowest BCUT2D eigenvalue weighted by Gasteiger charge is -2.06. The number of aromatic nitrogens is 2. The van der Waals surface area contributed by atoms with Crippen LogP contribution in [-0.4, -0.2) is 16.1 Å². The van der Waals surface area contributed by atoms with Crippen molar-refractivity contribution in [2.24, 2.45) is 0 Å². The Morgan fingerprint density at radius 1 is 1.07 bits per heavy atom. The maximum absolute atomic E-state index is 12.6. The highest BCUT2D eigenvalue weighted by atomic mass is 32.2. The van der Waals surface area contributed by atoms with Gasteiger partial charge in [0.1, 0.15) is 11.1 Å². The Bertz CT molecular complexity index is 1300. The number of furan rings is 1. The van der Waals surface area contributed by atoms with Gasteiger partial charge in [0, 0.05) is 21.5 Å². The summed E-state index contributed by atoms with van der Waals surface area (Å²) >= 11 is 3.05. The molecule has 1 N–H and O–H groups in total. The van der Waals surface area contributed by atoms with Crippen LogP contribution < -0.4 is 5.32 Å². The van der Waals surface area contributed by atoms with Gasteiger partial charge in [-0.25, -0.2) is 0 Å². The lowest BCUT2D eigenvalue weighted by molar-refractivity contribution is -0.115. The molecule has 2 heterocycles. The van der Waals surface area contributed by atoms with E-state index in [1.54, 1.807) is 23.5 Å². The van der Waals surface area contributed by atoms with Crippen LogP contribution >= 0.6 is 23.1 Å². The number of benzene rings is 3. The van der Waals surface area contributed by atoms with Crippen LogP contribution in [0.4, 0.5) is 5.69 Å². The number of nitrogens with one attached hydrogen (secondary N) is 1. The van der Waals surface area contributed by atoms with Crippen LogP contribution in [0.3, 0.4) is 0 Å². The fourth-order valence-electron chi connectivity index (χ4n) is 3.30. The quantitative estimate of drug-likeness (QED) is 0.393. The fraction of sp³-hybridized carbons (Fsp3) is 0.0455. The Morgan fingerprint density at radius 2 is 1.93 bits per heavy atom. The molecule has 0 aliphatic carbocycles. The Labute approximate surface area is 174 Å². The van der Waals surface area contributed by atoms with Crippen molar-refractivity contribution in [1.82, 2.24) is 10.2 Å². The molecule has 0 bridgehead atoms. The van der Waals surface area contributed by atoms with Crippen LogP contribution in [0.5, 0.6) is 0 Å². The highest BCUT2D eigenvalue weighted by Crippen LogP contribution is 2.31. The average Bonchev–Trinajstić information content (AvgIpc) is 3.40. The number of anilines is 1. The van der Waals surface area contributed by atoms with Crippen molar-refractivity contribution < 1.29 is 9.21 Å². The zero-order chi connectivity index (χ0) is 19.6. The molecule has 0 spiro atoms. The number of hydrogen-bond acceptors (Lipinski definition) is 6. The van der Waals surface area contributed by atoms with Crippen LogP contribution in [0.2, 0.25) is 0 Å².